The molecule has 0 aliphatic heterocycles. The van der Waals surface area contributed by atoms with Crippen molar-refractivity contribution in [3.8, 4) is 11.5 Å². The molecule has 0 bridgehead atoms. The summed E-state index contributed by atoms with van der Waals surface area (Å²) in [4.78, 5) is 12.2. The second kappa shape index (κ2) is 9.96. The molecule has 1 N–H and O–H groups in total. The topological polar surface area (TPSA) is 59.9 Å². The maximum Gasteiger partial charge on any atom is 0.271 e. The Labute approximate surface area is 178 Å². The molecule has 0 aliphatic rings. The van der Waals surface area contributed by atoms with E-state index in [1.54, 1.807) is 43.5 Å². The Morgan fingerprint density at radius 3 is 2.52 bits per heavy atom. The molecule has 0 spiro atoms. The van der Waals surface area contributed by atoms with Crippen LogP contribution in [0.25, 0.3) is 0 Å². The van der Waals surface area contributed by atoms with Gasteiger partial charge in [-0.2, -0.15) is 5.10 Å². The van der Waals surface area contributed by atoms with Crippen LogP contribution in [0, 0.1) is 0 Å². The van der Waals surface area contributed by atoms with Gasteiger partial charge >= 0.3 is 0 Å². The quantitative estimate of drug-likeness (QED) is 0.407. The highest BCUT2D eigenvalue weighted by Gasteiger charge is 2.10. The van der Waals surface area contributed by atoms with Gasteiger partial charge in [-0.1, -0.05) is 41.4 Å². The number of nitrogens with zero attached hydrogens (tertiary/aromatic N) is 1. The Morgan fingerprint density at radius 2 is 1.79 bits per heavy atom. The Bertz CT molecular complexity index is 1020. The average molecular weight is 429 g/mol. The number of hydrazone groups is 1. The van der Waals surface area contributed by atoms with Gasteiger partial charge in [-0.25, -0.2) is 5.43 Å². The van der Waals surface area contributed by atoms with Crippen LogP contribution < -0.4 is 14.9 Å². The smallest absolute Gasteiger partial charge is 0.271 e. The van der Waals surface area contributed by atoms with E-state index in [9.17, 15) is 4.79 Å². The Balaban J connectivity index is 1.73. The first kappa shape index (κ1) is 20.7. The molecule has 1 amide bonds. The summed E-state index contributed by atoms with van der Waals surface area (Å²) >= 11 is 11.9. The maximum absolute atomic E-state index is 12.2. The zero-order valence-corrected chi connectivity index (χ0v) is 17.1. The third-order valence-corrected chi connectivity index (χ3v) is 4.46. The van der Waals surface area contributed by atoms with Crippen LogP contribution in [0.2, 0.25) is 10.0 Å². The number of carbonyl (C=O) groups is 1. The molecule has 3 aromatic carbocycles. The molecule has 7 heteroatoms. The number of benzene rings is 3. The van der Waals surface area contributed by atoms with Crippen LogP contribution in [-0.2, 0) is 6.61 Å². The van der Waals surface area contributed by atoms with Crippen molar-refractivity contribution in [3.05, 3.63) is 93.5 Å². The first-order valence-corrected chi connectivity index (χ1v) is 9.45. The fourth-order valence-electron chi connectivity index (χ4n) is 2.56. The van der Waals surface area contributed by atoms with Crippen molar-refractivity contribution >= 4 is 35.3 Å². The molecule has 29 heavy (non-hydrogen) atoms. The van der Waals surface area contributed by atoms with E-state index in [4.69, 9.17) is 32.7 Å². The van der Waals surface area contributed by atoms with Gasteiger partial charge in [0.2, 0.25) is 0 Å². The maximum atomic E-state index is 12.2. The average Bonchev–Trinajstić information content (AvgIpc) is 2.73. The lowest BCUT2D eigenvalue weighted by molar-refractivity contribution is 0.0955. The number of hydrogen-bond donors (Lipinski definition) is 1. The molecule has 5 nitrogen and oxygen atoms in total. The minimum Gasteiger partial charge on any atom is -0.493 e. The molecule has 148 valence electrons. The Kier molecular flexibility index (Phi) is 7.11. The molecule has 0 aliphatic carbocycles. The fraction of sp³-hybridized carbons (Fsp3) is 0.0909. The molecule has 0 aromatic heterocycles. The van der Waals surface area contributed by atoms with E-state index < -0.39 is 0 Å². The first-order chi connectivity index (χ1) is 14.1. The molecule has 0 saturated carbocycles. The van der Waals surface area contributed by atoms with Gasteiger partial charge < -0.3 is 9.47 Å². The zero-order valence-electron chi connectivity index (χ0n) is 15.6. The van der Waals surface area contributed by atoms with E-state index in [2.05, 4.69) is 10.5 Å². The molecule has 0 radical (unpaired) electrons. The summed E-state index contributed by atoms with van der Waals surface area (Å²) in [6.07, 6.45) is 1.50. The summed E-state index contributed by atoms with van der Waals surface area (Å²) in [6.45, 7) is 0.304. The lowest BCUT2D eigenvalue weighted by atomic mass is 10.2. The summed E-state index contributed by atoms with van der Waals surface area (Å²) in [6, 6.07) is 19.4. The molecule has 0 atom stereocenters. The molecular formula is C22H18Cl2N2O3. The summed E-state index contributed by atoms with van der Waals surface area (Å²) in [5, 5.41) is 5.23. The number of amides is 1. The summed E-state index contributed by atoms with van der Waals surface area (Å²) in [5.41, 5.74) is 4.51. The van der Waals surface area contributed by atoms with E-state index in [0.717, 1.165) is 5.56 Å². The number of hydrogen-bond acceptors (Lipinski definition) is 4. The number of methoxy groups -OCH3 is 1. The highest BCUT2D eigenvalue weighted by molar-refractivity contribution is 6.30. The van der Waals surface area contributed by atoms with Crippen molar-refractivity contribution in [2.24, 2.45) is 5.10 Å². The van der Waals surface area contributed by atoms with Crippen LogP contribution in [0.15, 0.2) is 71.8 Å². The van der Waals surface area contributed by atoms with Crippen LogP contribution in [0.3, 0.4) is 0 Å². The zero-order chi connectivity index (χ0) is 20.6. The lowest BCUT2D eigenvalue weighted by Crippen LogP contribution is -2.17. The largest absolute Gasteiger partial charge is 0.493 e. The minimum absolute atomic E-state index is 0.304. The fourth-order valence-corrected chi connectivity index (χ4v) is 2.90. The van der Waals surface area contributed by atoms with Gasteiger partial charge in [0.25, 0.3) is 5.91 Å². The van der Waals surface area contributed by atoms with E-state index in [1.807, 2.05) is 30.3 Å². The SMILES string of the molecule is COc1cccc(/C=N\NC(=O)c2ccc(Cl)cc2)c1OCc1cccc(Cl)c1. The highest BCUT2D eigenvalue weighted by Crippen LogP contribution is 2.31. The summed E-state index contributed by atoms with van der Waals surface area (Å²) in [5.74, 6) is 0.724. The van der Waals surface area contributed by atoms with Crippen LogP contribution in [-0.4, -0.2) is 19.2 Å². The van der Waals surface area contributed by atoms with Crippen molar-refractivity contribution in [2.45, 2.75) is 6.61 Å². The second-order valence-corrected chi connectivity index (χ2v) is 6.88. The van der Waals surface area contributed by atoms with Crippen molar-refractivity contribution in [2.75, 3.05) is 7.11 Å². The number of rotatable bonds is 7. The van der Waals surface area contributed by atoms with E-state index in [1.165, 1.54) is 6.21 Å². The van der Waals surface area contributed by atoms with Crippen LogP contribution >= 0.6 is 23.2 Å². The predicted octanol–water partition coefficient (Wildman–Crippen LogP) is 5.34. The third-order valence-electron chi connectivity index (χ3n) is 3.98. The van der Waals surface area contributed by atoms with Gasteiger partial charge in [0.05, 0.1) is 13.3 Å². The van der Waals surface area contributed by atoms with Gasteiger partial charge in [0.1, 0.15) is 6.61 Å². The van der Waals surface area contributed by atoms with Gasteiger partial charge in [0, 0.05) is 21.2 Å². The molecular weight excluding hydrogens is 411 g/mol. The highest BCUT2D eigenvalue weighted by atomic mass is 35.5. The van der Waals surface area contributed by atoms with Crippen molar-refractivity contribution in [3.63, 3.8) is 0 Å². The molecule has 3 rings (SSSR count). The number of halogens is 2. The predicted molar refractivity (Wildman–Crippen MR) is 115 cm³/mol. The molecule has 0 fully saturated rings. The van der Waals surface area contributed by atoms with Crippen LogP contribution in [0.1, 0.15) is 21.5 Å². The van der Waals surface area contributed by atoms with E-state index in [0.29, 0.717) is 39.3 Å². The number of carbonyl (C=O) groups excluding carboxylic acids is 1. The number of para-hydroxylation sites is 1. The lowest BCUT2D eigenvalue weighted by Gasteiger charge is -2.13. The van der Waals surface area contributed by atoms with Crippen LogP contribution in [0.4, 0.5) is 0 Å². The first-order valence-electron chi connectivity index (χ1n) is 8.70. The second-order valence-electron chi connectivity index (χ2n) is 6.00. The molecule has 0 saturated heterocycles. The number of ether oxygens (including phenoxy) is 2. The number of nitrogens with one attached hydrogen (secondary N) is 1. The van der Waals surface area contributed by atoms with E-state index in [-0.39, 0.29) is 5.91 Å². The Hall–Kier alpha value is -3.02. The molecule has 0 unspecified atom stereocenters. The third kappa shape index (κ3) is 5.73. The monoisotopic (exact) mass is 428 g/mol. The van der Waals surface area contributed by atoms with Gasteiger partial charge in [0.15, 0.2) is 11.5 Å². The van der Waals surface area contributed by atoms with Crippen molar-refractivity contribution < 1.29 is 14.3 Å². The molecule has 3 aromatic rings. The Morgan fingerprint density at radius 1 is 1.03 bits per heavy atom. The minimum atomic E-state index is -0.345. The van der Waals surface area contributed by atoms with Gasteiger partial charge in [-0.05, 0) is 54.1 Å². The normalized spacial score (nSPS) is 10.7. The standard InChI is InChI=1S/C22H18Cl2N2O3/c1-28-20-7-3-5-17(21(20)29-14-15-4-2-6-19(24)12-15)13-25-26-22(27)16-8-10-18(23)11-9-16/h2-13H,14H2,1H3,(H,26,27)/b25-13-. The summed E-state index contributed by atoms with van der Waals surface area (Å²) < 4.78 is 11.3. The van der Waals surface area contributed by atoms with E-state index >= 15 is 0 Å². The van der Waals surface area contributed by atoms with Gasteiger partial charge in [-0.3, -0.25) is 4.79 Å². The van der Waals surface area contributed by atoms with Crippen molar-refractivity contribution in [1.29, 1.82) is 0 Å². The van der Waals surface area contributed by atoms with Crippen LogP contribution in [0.5, 0.6) is 11.5 Å². The molecule has 0 heterocycles. The summed E-state index contributed by atoms with van der Waals surface area (Å²) in [7, 11) is 1.56. The van der Waals surface area contributed by atoms with Crippen molar-refractivity contribution in [1.82, 2.24) is 5.43 Å². The van der Waals surface area contributed by atoms with Gasteiger partial charge in [-0.15, -0.1) is 0 Å².